The quantitative estimate of drug-likeness (QED) is 0.413. The Hall–Kier alpha value is -2.43. The van der Waals surface area contributed by atoms with E-state index in [9.17, 15) is 9.90 Å². The Labute approximate surface area is 178 Å². The highest BCUT2D eigenvalue weighted by Gasteiger charge is 2.45. The second kappa shape index (κ2) is 7.43. The Bertz CT molecular complexity index is 1060. The third kappa shape index (κ3) is 3.30. The number of halogens is 1. The van der Waals surface area contributed by atoms with Crippen LogP contribution < -0.4 is 4.74 Å². The number of carbonyl (C=O) groups is 1. The summed E-state index contributed by atoms with van der Waals surface area (Å²) in [6.45, 7) is 0. The van der Waals surface area contributed by atoms with E-state index in [1.807, 2.05) is 30.3 Å². The monoisotopic (exact) mass is 448 g/mol. The first-order chi connectivity index (χ1) is 14.1. The summed E-state index contributed by atoms with van der Waals surface area (Å²) in [6, 6.07) is 24.0. The molecular weight excluding hydrogens is 428 g/mol. The van der Waals surface area contributed by atoms with Gasteiger partial charge in [0.1, 0.15) is 5.75 Å². The molecule has 3 aromatic carbocycles. The molecule has 0 spiro atoms. The summed E-state index contributed by atoms with van der Waals surface area (Å²) in [5.41, 5.74) is 4.35. The zero-order chi connectivity index (χ0) is 20.0. The molecular formula is C25H21BrO3. The highest BCUT2D eigenvalue weighted by molar-refractivity contribution is 9.10. The third-order valence-electron chi connectivity index (χ3n) is 6.29. The number of aliphatic hydroxyl groups excluding tert-OH is 1. The Balaban J connectivity index is 1.56. The molecule has 3 aromatic rings. The van der Waals surface area contributed by atoms with Crippen molar-refractivity contribution in [1.82, 2.24) is 0 Å². The van der Waals surface area contributed by atoms with Crippen LogP contribution in [0.1, 0.15) is 46.6 Å². The summed E-state index contributed by atoms with van der Waals surface area (Å²) in [7, 11) is 0. The van der Waals surface area contributed by atoms with Crippen LogP contribution in [0.5, 0.6) is 5.75 Å². The van der Waals surface area contributed by atoms with Gasteiger partial charge in [0, 0.05) is 16.0 Å². The molecule has 4 heteroatoms. The van der Waals surface area contributed by atoms with Gasteiger partial charge in [0.2, 0.25) is 0 Å². The Morgan fingerprint density at radius 1 is 0.897 bits per heavy atom. The van der Waals surface area contributed by atoms with E-state index in [0.717, 1.165) is 22.9 Å². The lowest BCUT2D eigenvalue weighted by Crippen LogP contribution is -2.38. The molecule has 1 aliphatic carbocycles. The minimum absolute atomic E-state index is 0.0931. The number of hydrogen-bond donors (Lipinski definition) is 1. The van der Waals surface area contributed by atoms with Crippen LogP contribution in [0.25, 0.3) is 0 Å². The lowest BCUT2D eigenvalue weighted by atomic mass is 9.67. The lowest BCUT2D eigenvalue weighted by molar-refractivity contribution is -0.147. The van der Waals surface area contributed by atoms with E-state index in [0.29, 0.717) is 17.2 Å². The fourth-order valence-corrected chi connectivity index (χ4v) is 5.16. The van der Waals surface area contributed by atoms with Gasteiger partial charge in [-0.2, -0.15) is 0 Å². The maximum atomic E-state index is 13.0. The van der Waals surface area contributed by atoms with E-state index in [1.54, 1.807) is 6.07 Å². The van der Waals surface area contributed by atoms with Crippen LogP contribution in [0, 0.1) is 5.92 Å². The number of rotatable bonds is 2. The van der Waals surface area contributed by atoms with E-state index in [4.69, 9.17) is 4.74 Å². The number of esters is 1. The standard InChI is InChI=1S/C25H21BrO3/c26-18-11-9-15(10-12-18)17-13-16-5-1-2-6-19(16)21(14-17)23-24(27)20-7-3-4-8-22(20)29-25(23)28/h1-12,17,21,23-24,27H,13-14H2. The number of ether oxygens (including phenoxy) is 1. The van der Waals surface area contributed by atoms with Crippen molar-refractivity contribution >= 4 is 21.9 Å². The molecule has 1 heterocycles. The molecule has 2 aliphatic rings. The van der Waals surface area contributed by atoms with Crippen molar-refractivity contribution in [3.63, 3.8) is 0 Å². The predicted molar refractivity (Wildman–Crippen MR) is 115 cm³/mol. The lowest BCUT2D eigenvalue weighted by Gasteiger charge is -2.39. The Morgan fingerprint density at radius 3 is 2.38 bits per heavy atom. The molecule has 0 saturated heterocycles. The van der Waals surface area contributed by atoms with Crippen molar-refractivity contribution < 1.29 is 14.6 Å². The van der Waals surface area contributed by atoms with Gasteiger partial charge in [-0.3, -0.25) is 4.79 Å². The number of fused-ring (bicyclic) bond motifs is 2. The molecule has 4 atom stereocenters. The van der Waals surface area contributed by atoms with Gasteiger partial charge in [-0.05, 0) is 53.6 Å². The number of hydrogen-bond acceptors (Lipinski definition) is 3. The molecule has 0 saturated carbocycles. The first-order valence-electron chi connectivity index (χ1n) is 9.94. The van der Waals surface area contributed by atoms with Crippen LogP contribution in [0.2, 0.25) is 0 Å². The Kier molecular flexibility index (Phi) is 4.76. The van der Waals surface area contributed by atoms with Crippen molar-refractivity contribution in [3.8, 4) is 5.75 Å². The summed E-state index contributed by atoms with van der Waals surface area (Å²) < 4.78 is 6.69. The second-order valence-corrected chi connectivity index (χ2v) is 8.84. The molecule has 29 heavy (non-hydrogen) atoms. The van der Waals surface area contributed by atoms with E-state index >= 15 is 0 Å². The van der Waals surface area contributed by atoms with E-state index < -0.39 is 12.0 Å². The van der Waals surface area contributed by atoms with E-state index in [-0.39, 0.29) is 11.9 Å². The highest BCUT2D eigenvalue weighted by Crippen LogP contribution is 2.49. The number of para-hydroxylation sites is 1. The van der Waals surface area contributed by atoms with Crippen LogP contribution in [0.3, 0.4) is 0 Å². The molecule has 146 valence electrons. The average molecular weight is 449 g/mol. The van der Waals surface area contributed by atoms with Gasteiger partial charge in [-0.25, -0.2) is 0 Å². The molecule has 0 radical (unpaired) electrons. The van der Waals surface area contributed by atoms with Gasteiger partial charge in [-0.1, -0.05) is 70.5 Å². The average Bonchev–Trinajstić information content (AvgIpc) is 2.74. The molecule has 0 fully saturated rings. The molecule has 5 rings (SSSR count). The third-order valence-corrected chi connectivity index (χ3v) is 6.82. The first kappa shape index (κ1) is 18.6. The summed E-state index contributed by atoms with van der Waals surface area (Å²) in [5, 5.41) is 11.2. The van der Waals surface area contributed by atoms with Crippen molar-refractivity contribution in [2.45, 2.75) is 30.8 Å². The maximum absolute atomic E-state index is 13.0. The van der Waals surface area contributed by atoms with E-state index in [2.05, 4.69) is 52.3 Å². The van der Waals surface area contributed by atoms with Crippen molar-refractivity contribution in [2.24, 2.45) is 5.92 Å². The molecule has 0 bridgehead atoms. The fourth-order valence-electron chi connectivity index (χ4n) is 4.89. The van der Waals surface area contributed by atoms with Gasteiger partial charge in [0.15, 0.2) is 0 Å². The molecule has 0 aromatic heterocycles. The summed E-state index contributed by atoms with van der Waals surface area (Å²) in [4.78, 5) is 13.0. The smallest absolute Gasteiger partial charge is 0.317 e. The number of benzene rings is 3. The zero-order valence-corrected chi connectivity index (χ0v) is 17.4. The van der Waals surface area contributed by atoms with Crippen molar-refractivity contribution in [2.75, 3.05) is 0 Å². The molecule has 4 unspecified atom stereocenters. The zero-order valence-electron chi connectivity index (χ0n) is 15.8. The van der Waals surface area contributed by atoms with E-state index in [1.165, 1.54) is 11.1 Å². The molecule has 1 aliphatic heterocycles. The summed E-state index contributed by atoms with van der Waals surface area (Å²) >= 11 is 3.51. The summed E-state index contributed by atoms with van der Waals surface area (Å²) in [5.74, 6) is -0.281. The minimum Gasteiger partial charge on any atom is -0.426 e. The minimum atomic E-state index is -0.867. The van der Waals surface area contributed by atoms with Gasteiger partial charge >= 0.3 is 5.97 Å². The molecule has 0 amide bonds. The van der Waals surface area contributed by atoms with Gasteiger partial charge in [0.05, 0.1) is 12.0 Å². The normalized spacial score (nSPS) is 25.7. The van der Waals surface area contributed by atoms with Crippen LogP contribution in [0.15, 0.2) is 77.3 Å². The van der Waals surface area contributed by atoms with Gasteiger partial charge < -0.3 is 9.84 Å². The maximum Gasteiger partial charge on any atom is 0.317 e. The predicted octanol–water partition coefficient (Wildman–Crippen LogP) is 5.53. The SMILES string of the molecule is O=C1Oc2ccccc2C(O)C1C1CC(c2ccc(Br)cc2)Cc2ccccc21. The van der Waals surface area contributed by atoms with Gasteiger partial charge in [-0.15, -0.1) is 0 Å². The van der Waals surface area contributed by atoms with Crippen LogP contribution in [-0.4, -0.2) is 11.1 Å². The second-order valence-electron chi connectivity index (χ2n) is 7.92. The van der Waals surface area contributed by atoms with Crippen LogP contribution in [0.4, 0.5) is 0 Å². The number of carbonyl (C=O) groups excluding carboxylic acids is 1. The highest BCUT2D eigenvalue weighted by atomic mass is 79.9. The molecule has 3 nitrogen and oxygen atoms in total. The Morgan fingerprint density at radius 2 is 1.59 bits per heavy atom. The van der Waals surface area contributed by atoms with Crippen molar-refractivity contribution in [1.29, 1.82) is 0 Å². The fraction of sp³-hybridized carbons (Fsp3) is 0.240. The topological polar surface area (TPSA) is 46.5 Å². The van der Waals surface area contributed by atoms with Crippen LogP contribution in [-0.2, 0) is 11.2 Å². The van der Waals surface area contributed by atoms with Crippen molar-refractivity contribution in [3.05, 3.63) is 99.5 Å². The van der Waals surface area contributed by atoms with Gasteiger partial charge in [0.25, 0.3) is 0 Å². The summed E-state index contributed by atoms with van der Waals surface area (Å²) in [6.07, 6.45) is 0.870. The largest absolute Gasteiger partial charge is 0.426 e. The molecule has 1 N–H and O–H groups in total. The van der Waals surface area contributed by atoms with Crippen LogP contribution >= 0.6 is 15.9 Å². The first-order valence-corrected chi connectivity index (χ1v) is 10.7. The number of aliphatic hydroxyl groups is 1.